The smallest absolute Gasteiger partial charge is 0.306 e. The summed E-state index contributed by atoms with van der Waals surface area (Å²) in [6.45, 7) is 4.19. The van der Waals surface area contributed by atoms with Crippen LogP contribution in [0.1, 0.15) is 32.3 Å². The highest BCUT2D eigenvalue weighted by molar-refractivity contribution is 5.71. The van der Waals surface area contributed by atoms with Crippen molar-refractivity contribution >= 4 is 5.97 Å². The van der Waals surface area contributed by atoms with Crippen molar-refractivity contribution in [3.05, 3.63) is 35.9 Å². The molecule has 2 nitrogen and oxygen atoms in total. The minimum atomic E-state index is -0.150. The van der Waals surface area contributed by atoms with Gasteiger partial charge in [0.2, 0.25) is 0 Å². The van der Waals surface area contributed by atoms with Crippen molar-refractivity contribution in [3.8, 4) is 0 Å². The third-order valence-electron chi connectivity index (χ3n) is 3.01. The van der Waals surface area contributed by atoms with Crippen LogP contribution in [0.15, 0.2) is 30.3 Å². The molecule has 0 heterocycles. The van der Waals surface area contributed by atoms with Gasteiger partial charge in [0.15, 0.2) is 0 Å². The Morgan fingerprint density at radius 1 is 1.33 bits per heavy atom. The molecular formula is C13H18O2. The molecule has 0 spiro atoms. The number of methoxy groups -OCH3 is 1. The zero-order valence-electron chi connectivity index (χ0n) is 9.62. The van der Waals surface area contributed by atoms with E-state index >= 15 is 0 Å². The predicted octanol–water partition coefficient (Wildman–Crippen LogP) is 2.92. The third-order valence-corrected chi connectivity index (χ3v) is 3.01. The predicted molar refractivity (Wildman–Crippen MR) is 60.7 cm³/mol. The molecule has 0 aliphatic carbocycles. The molecule has 0 saturated heterocycles. The SMILES string of the molecule is CC[C@@](C)(CC(=O)OC)c1ccccc1. The molecule has 0 amide bonds. The number of hydrogen-bond acceptors (Lipinski definition) is 2. The van der Waals surface area contributed by atoms with Crippen LogP contribution in [0.4, 0.5) is 0 Å². The number of rotatable bonds is 4. The van der Waals surface area contributed by atoms with Crippen molar-refractivity contribution in [1.82, 2.24) is 0 Å². The molecule has 1 rings (SSSR count). The van der Waals surface area contributed by atoms with Gasteiger partial charge < -0.3 is 4.74 Å². The van der Waals surface area contributed by atoms with Gasteiger partial charge in [0.1, 0.15) is 0 Å². The van der Waals surface area contributed by atoms with Gasteiger partial charge in [0.05, 0.1) is 13.5 Å². The molecule has 0 aliphatic heterocycles. The van der Waals surface area contributed by atoms with E-state index in [1.165, 1.54) is 12.7 Å². The van der Waals surface area contributed by atoms with Gasteiger partial charge in [-0.3, -0.25) is 4.79 Å². The second-order valence-corrected chi connectivity index (χ2v) is 4.03. The molecule has 0 saturated carbocycles. The van der Waals surface area contributed by atoms with Crippen LogP contribution in [0.5, 0.6) is 0 Å². The maximum Gasteiger partial charge on any atom is 0.306 e. The first-order valence-electron chi connectivity index (χ1n) is 5.24. The van der Waals surface area contributed by atoms with Crippen LogP contribution in [0.3, 0.4) is 0 Å². The van der Waals surface area contributed by atoms with Gasteiger partial charge in [-0.25, -0.2) is 0 Å². The van der Waals surface area contributed by atoms with Crippen LogP contribution in [0.25, 0.3) is 0 Å². The van der Waals surface area contributed by atoms with E-state index in [9.17, 15) is 4.79 Å². The van der Waals surface area contributed by atoms with Crippen molar-refractivity contribution in [2.45, 2.75) is 32.1 Å². The van der Waals surface area contributed by atoms with E-state index in [4.69, 9.17) is 4.74 Å². The third kappa shape index (κ3) is 2.82. The zero-order chi connectivity index (χ0) is 11.3. The first-order valence-corrected chi connectivity index (χ1v) is 5.24. The van der Waals surface area contributed by atoms with E-state index in [0.717, 1.165) is 6.42 Å². The second-order valence-electron chi connectivity index (χ2n) is 4.03. The van der Waals surface area contributed by atoms with Crippen molar-refractivity contribution in [1.29, 1.82) is 0 Å². The summed E-state index contributed by atoms with van der Waals surface area (Å²) in [5.74, 6) is -0.150. The molecule has 1 atom stereocenters. The second kappa shape index (κ2) is 4.96. The van der Waals surface area contributed by atoms with Gasteiger partial charge in [0.25, 0.3) is 0 Å². The lowest BCUT2D eigenvalue weighted by atomic mass is 9.77. The molecule has 0 radical (unpaired) electrons. The van der Waals surface area contributed by atoms with Gasteiger partial charge in [-0.05, 0) is 12.0 Å². The van der Waals surface area contributed by atoms with E-state index in [1.807, 2.05) is 18.2 Å². The molecule has 0 bridgehead atoms. The molecule has 1 aromatic carbocycles. The molecule has 0 fully saturated rings. The number of ether oxygens (including phenoxy) is 1. The summed E-state index contributed by atoms with van der Waals surface area (Å²) >= 11 is 0. The Morgan fingerprint density at radius 3 is 2.40 bits per heavy atom. The first kappa shape index (κ1) is 11.8. The fourth-order valence-corrected chi connectivity index (χ4v) is 1.66. The maximum atomic E-state index is 11.3. The van der Waals surface area contributed by atoms with Crippen molar-refractivity contribution in [3.63, 3.8) is 0 Å². The lowest BCUT2D eigenvalue weighted by Gasteiger charge is -2.27. The molecule has 1 aromatic rings. The number of carbonyl (C=O) groups excluding carboxylic acids is 1. The monoisotopic (exact) mass is 206 g/mol. The normalized spacial score (nSPS) is 14.3. The number of hydrogen-bond donors (Lipinski definition) is 0. The Bertz CT molecular complexity index is 319. The van der Waals surface area contributed by atoms with Gasteiger partial charge in [-0.1, -0.05) is 44.2 Å². The van der Waals surface area contributed by atoms with Crippen LogP contribution in [0.2, 0.25) is 0 Å². The topological polar surface area (TPSA) is 26.3 Å². The van der Waals surface area contributed by atoms with Crippen LogP contribution in [-0.4, -0.2) is 13.1 Å². The van der Waals surface area contributed by atoms with Crippen molar-refractivity contribution < 1.29 is 9.53 Å². The molecule has 15 heavy (non-hydrogen) atoms. The van der Waals surface area contributed by atoms with Crippen molar-refractivity contribution in [2.75, 3.05) is 7.11 Å². The van der Waals surface area contributed by atoms with E-state index in [1.54, 1.807) is 0 Å². The maximum absolute atomic E-state index is 11.3. The van der Waals surface area contributed by atoms with Crippen LogP contribution < -0.4 is 0 Å². The van der Waals surface area contributed by atoms with E-state index in [0.29, 0.717) is 6.42 Å². The molecule has 82 valence electrons. The Hall–Kier alpha value is -1.31. The lowest BCUT2D eigenvalue weighted by Crippen LogP contribution is -2.25. The Morgan fingerprint density at radius 2 is 1.93 bits per heavy atom. The van der Waals surface area contributed by atoms with Gasteiger partial charge >= 0.3 is 5.97 Å². The molecule has 0 aliphatic rings. The van der Waals surface area contributed by atoms with Crippen LogP contribution >= 0.6 is 0 Å². The molecule has 0 N–H and O–H groups in total. The van der Waals surface area contributed by atoms with E-state index in [-0.39, 0.29) is 11.4 Å². The average Bonchev–Trinajstić information content (AvgIpc) is 2.30. The van der Waals surface area contributed by atoms with E-state index in [2.05, 4.69) is 26.0 Å². The summed E-state index contributed by atoms with van der Waals surface area (Å²) in [5, 5.41) is 0. The minimum absolute atomic E-state index is 0.117. The Kier molecular flexibility index (Phi) is 3.89. The van der Waals surface area contributed by atoms with Crippen molar-refractivity contribution in [2.24, 2.45) is 0 Å². The molecular weight excluding hydrogens is 188 g/mol. The molecule has 2 heteroatoms. The molecule has 0 aromatic heterocycles. The number of esters is 1. The Labute approximate surface area is 91.3 Å². The van der Waals surface area contributed by atoms with Gasteiger partial charge in [0, 0.05) is 5.41 Å². The summed E-state index contributed by atoms with van der Waals surface area (Å²) in [7, 11) is 1.43. The Balaban J connectivity index is 2.90. The summed E-state index contributed by atoms with van der Waals surface area (Å²) < 4.78 is 4.73. The number of benzene rings is 1. The van der Waals surface area contributed by atoms with Gasteiger partial charge in [-0.15, -0.1) is 0 Å². The van der Waals surface area contributed by atoms with Crippen LogP contribution in [0, 0.1) is 0 Å². The highest BCUT2D eigenvalue weighted by Crippen LogP contribution is 2.31. The standard InChI is InChI=1S/C13H18O2/c1-4-13(2,10-12(14)15-3)11-8-6-5-7-9-11/h5-9H,4,10H2,1-3H3/t13-/m0/s1. The highest BCUT2D eigenvalue weighted by atomic mass is 16.5. The minimum Gasteiger partial charge on any atom is -0.469 e. The first-order chi connectivity index (χ1) is 7.12. The highest BCUT2D eigenvalue weighted by Gasteiger charge is 2.27. The fourth-order valence-electron chi connectivity index (χ4n) is 1.66. The fraction of sp³-hybridized carbons (Fsp3) is 0.462. The average molecular weight is 206 g/mol. The zero-order valence-corrected chi connectivity index (χ0v) is 9.62. The van der Waals surface area contributed by atoms with E-state index < -0.39 is 0 Å². The number of carbonyl (C=O) groups is 1. The molecule has 0 unspecified atom stereocenters. The quantitative estimate of drug-likeness (QED) is 0.708. The summed E-state index contributed by atoms with van der Waals surface area (Å²) in [4.78, 5) is 11.3. The summed E-state index contributed by atoms with van der Waals surface area (Å²) in [6, 6.07) is 10.1. The largest absolute Gasteiger partial charge is 0.469 e. The van der Waals surface area contributed by atoms with Crippen LogP contribution in [-0.2, 0) is 14.9 Å². The van der Waals surface area contributed by atoms with Gasteiger partial charge in [-0.2, -0.15) is 0 Å². The lowest BCUT2D eigenvalue weighted by molar-refractivity contribution is -0.142. The summed E-state index contributed by atoms with van der Waals surface area (Å²) in [5.41, 5.74) is 1.08. The summed E-state index contributed by atoms with van der Waals surface area (Å²) in [6.07, 6.45) is 1.36.